The third-order valence-corrected chi connectivity index (χ3v) is 4.12. The van der Waals surface area contributed by atoms with Crippen LogP contribution >= 0.6 is 0 Å². The molecule has 0 amide bonds. The highest BCUT2D eigenvalue weighted by atomic mass is 16.5. The summed E-state index contributed by atoms with van der Waals surface area (Å²) in [4.78, 5) is 0. The van der Waals surface area contributed by atoms with E-state index in [4.69, 9.17) is 9.47 Å². The zero-order chi connectivity index (χ0) is 14.6. The molecule has 1 saturated carbocycles. The Labute approximate surface area is 117 Å². The van der Waals surface area contributed by atoms with Gasteiger partial charge in [-0.25, -0.2) is 0 Å². The number of hydrogen-bond acceptors (Lipinski definition) is 2. The Morgan fingerprint density at radius 1 is 1.37 bits per heavy atom. The normalized spacial score (nSPS) is 25.7. The lowest BCUT2D eigenvalue weighted by molar-refractivity contribution is 0.159. The lowest BCUT2D eigenvalue weighted by Gasteiger charge is -2.11. The fraction of sp³-hybridized carbons (Fsp3) is 0.529. The monoisotopic (exact) mass is 262 g/mol. The molecule has 0 bridgehead atoms. The highest BCUT2D eigenvalue weighted by molar-refractivity contribution is 5.25. The van der Waals surface area contributed by atoms with E-state index in [0.29, 0.717) is 30.0 Å². The Hall–Kier alpha value is -1.44. The summed E-state index contributed by atoms with van der Waals surface area (Å²) < 4.78 is 11.0. The number of hydrogen-bond donors (Lipinski definition) is 0. The lowest BCUT2D eigenvalue weighted by atomic mass is 10.0. The van der Waals surface area contributed by atoms with Gasteiger partial charge in [-0.05, 0) is 31.3 Å². The molecule has 0 spiro atoms. The summed E-state index contributed by atoms with van der Waals surface area (Å²) in [5.41, 5.74) is 1.66. The van der Waals surface area contributed by atoms with E-state index in [1.165, 1.54) is 5.57 Å². The van der Waals surface area contributed by atoms with Gasteiger partial charge in [-0.3, -0.25) is 0 Å². The summed E-state index contributed by atoms with van der Waals surface area (Å²) in [7, 11) is 1.63. The Morgan fingerprint density at radius 2 is 2.00 bits per heavy atom. The topological polar surface area (TPSA) is 18.5 Å². The first-order chi connectivity index (χ1) is 8.89. The zero-order valence-electron chi connectivity index (χ0n) is 12.8. The third kappa shape index (κ3) is 3.31. The van der Waals surface area contributed by atoms with E-state index in [-0.39, 0.29) is 5.41 Å². The van der Waals surface area contributed by atoms with Crippen molar-refractivity contribution in [3.8, 4) is 0 Å². The third-order valence-electron chi connectivity index (χ3n) is 4.12. The summed E-state index contributed by atoms with van der Waals surface area (Å²) >= 11 is 0. The van der Waals surface area contributed by atoms with Crippen molar-refractivity contribution in [2.24, 2.45) is 17.3 Å². The van der Waals surface area contributed by atoms with E-state index in [1.54, 1.807) is 7.11 Å². The molecule has 0 saturated heterocycles. The van der Waals surface area contributed by atoms with Crippen molar-refractivity contribution >= 4 is 0 Å². The van der Waals surface area contributed by atoms with Gasteiger partial charge in [0.15, 0.2) is 11.5 Å². The van der Waals surface area contributed by atoms with Crippen LogP contribution in [0.2, 0.25) is 0 Å². The Kier molecular flexibility index (Phi) is 5.04. The van der Waals surface area contributed by atoms with Crippen LogP contribution in [0.3, 0.4) is 0 Å². The Balaban J connectivity index is 2.58. The summed E-state index contributed by atoms with van der Waals surface area (Å²) in [6.45, 7) is 17.0. The van der Waals surface area contributed by atoms with Crippen molar-refractivity contribution in [1.29, 1.82) is 0 Å². The van der Waals surface area contributed by atoms with Crippen LogP contribution in [0.25, 0.3) is 0 Å². The van der Waals surface area contributed by atoms with Gasteiger partial charge in [-0.15, -0.1) is 0 Å². The van der Waals surface area contributed by atoms with Crippen LogP contribution in [0.15, 0.2) is 48.5 Å². The molecule has 0 aromatic heterocycles. The van der Waals surface area contributed by atoms with Crippen molar-refractivity contribution in [3.05, 3.63) is 48.5 Å². The molecule has 0 aromatic carbocycles. The summed E-state index contributed by atoms with van der Waals surface area (Å²) in [6, 6.07) is 0. The van der Waals surface area contributed by atoms with Gasteiger partial charge in [0.25, 0.3) is 0 Å². The van der Waals surface area contributed by atoms with Gasteiger partial charge in [-0.1, -0.05) is 44.7 Å². The van der Waals surface area contributed by atoms with Crippen LogP contribution in [0, 0.1) is 17.3 Å². The second-order valence-corrected chi connectivity index (χ2v) is 5.64. The quantitative estimate of drug-likeness (QED) is 0.498. The predicted octanol–water partition coefficient (Wildman–Crippen LogP) is 4.47. The fourth-order valence-corrected chi connectivity index (χ4v) is 2.90. The fourth-order valence-electron chi connectivity index (χ4n) is 2.90. The largest absolute Gasteiger partial charge is 0.493 e. The maximum Gasteiger partial charge on any atom is 0.155 e. The van der Waals surface area contributed by atoms with Crippen LogP contribution in [-0.4, -0.2) is 13.7 Å². The molecule has 1 fully saturated rings. The van der Waals surface area contributed by atoms with Crippen molar-refractivity contribution < 1.29 is 9.47 Å². The van der Waals surface area contributed by atoms with Crippen molar-refractivity contribution in [2.45, 2.75) is 27.7 Å². The van der Waals surface area contributed by atoms with Gasteiger partial charge >= 0.3 is 0 Å². The second-order valence-electron chi connectivity index (χ2n) is 5.64. The van der Waals surface area contributed by atoms with E-state index in [9.17, 15) is 0 Å². The van der Waals surface area contributed by atoms with E-state index < -0.39 is 0 Å². The highest BCUT2D eigenvalue weighted by Crippen LogP contribution is 2.61. The average Bonchev–Trinajstić information content (AvgIpc) is 2.90. The zero-order valence-corrected chi connectivity index (χ0v) is 12.8. The minimum atomic E-state index is 0.285. The average molecular weight is 262 g/mol. The van der Waals surface area contributed by atoms with E-state index in [1.807, 2.05) is 19.1 Å². The second kappa shape index (κ2) is 6.14. The molecule has 2 nitrogen and oxygen atoms in total. The first-order valence-corrected chi connectivity index (χ1v) is 6.71. The molecule has 1 aliphatic carbocycles. The number of allylic oxidation sites excluding steroid dienone is 4. The molecule has 1 rings (SSSR count). The van der Waals surface area contributed by atoms with Crippen molar-refractivity contribution in [2.75, 3.05) is 13.7 Å². The first-order valence-electron chi connectivity index (χ1n) is 6.71. The minimum Gasteiger partial charge on any atom is -0.493 e. The maximum absolute atomic E-state index is 5.76. The molecule has 19 heavy (non-hydrogen) atoms. The SMILES string of the molecule is C=C/C=C(\C)[C@H]1[C@H](COC(=C)/C(=C\C)OC)C1(C)C. The number of ether oxygens (including phenoxy) is 2. The molecule has 0 unspecified atom stereocenters. The Bertz CT molecular complexity index is 413. The number of rotatable bonds is 7. The molecule has 2 heteroatoms. The van der Waals surface area contributed by atoms with E-state index in [2.05, 4.69) is 40.0 Å². The molecular formula is C17H26O2. The molecule has 2 atom stereocenters. The maximum atomic E-state index is 5.76. The molecule has 0 heterocycles. The van der Waals surface area contributed by atoms with Gasteiger partial charge in [0.2, 0.25) is 0 Å². The van der Waals surface area contributed by atoms with Crippen molar-refractivity contribution in [1.82, 2.24) is 0 Å². The molecular weight excluding hydrogens is 236 g/mol. The predicted molar refractivity (Wildman–Crippen MR) is 80.6 cm³/mol. The van der Waals surface area contributed by atoms with Crippen LogP contribution in [-0.2, 0) is 9.47 Å². The van der Waals surface area contributed by atoms with Gasteiger partial charge in [-0.2, -0.15) is 0 Å². The molecule has 0 N–H and O–H groups in total. The summed E-state index contributed by atoms with van der Waals surface area (Å²) in [5, 5.41) is 0. The van der Waals surface area contributed by atoms with E-state index in [0.717, 1.165) is 0 Å². The first kappa shape index (κ1) is 15.6. The van der Waals surface area contributed by atoms with E-state index >= 15 is 0 Å². The molecule has 106 valence electrons. The van der Waals surface area contributed by atoms with Gasteiger partial charge < -0.3 is 9.47 Å². The molecule has 0 radical (unpaired) electrons. The van der Waals surface area contributed by atoms with Crippen LogP contribution in [0.5, 0.6) is 0 Å². The number of methoxy groups -OCH3 is 1. The van der Waals surface area contributed by atoms with Gasteiger partial charge in [0, 0.05) is 5.92 Å². The standard InChI is InChI=1S/C17H26O2/c1-8-10-12(3)16-14(17(16,5)6)11-19-13(4)15(9-2)18-7/h8-10,14,16H,1,4,11H2,2-3,5-7H3/b12-10+,15-9+/t14-,16-/m0/s1. The Morgan fingerprint density at radius 3 is 2.47 bits per heavy atom. The molecule has 0 aliphatic heterocycles. The van der Waals surface area contributed by atoms with Gasteiger partial charge in [0.1, 0.15) is 0 Å². The van der Waals surface area contributed by atoms with Gasteiger partial charge in [0.05, 0.1) is 13.7 Å². The molecule has 0 aromatic rings. The summed E-state index contributed by atoms with van der Waals surface area (Å²) in [6.07, 6.45) is 5.80. The smallest absolute Gasteiger partial charge is 0.155 e. The van der Waals surface area contributed by atoms with Crippen LogP contribution in [0.4, 0.5) is 0 Å². The molecule has 1 aliphatic rings. The summed E-state index contributed by atoms with van der Waals surface area (Å²) in [5.74, 6) is 2.40. The highest BCUT2D eigenvalue weighted by Gasteiger charge is 2.58. The minimum absolute atomic E-state index is 0.285. The lowest BCUT2D eigenvalue weighted by Crippen LogP contribution is -2.03. The van der Waals surface area contributed by atoms with Crippen molar-refractivity contribution in [3.63, 3.8) is 0 Å². The van der Waals surface area contributed by atoms with Crippen LogP contribution in [0.1, 0.15) is 27.7 Å². The van der Waals surface area contributed by atoms with Crippen LogP contribution < -0.4 is 0 Å².